The molecule has 0 radical (unpaired) electrons. The van der Waals surface area contributed by atoms with Gasteiger partial charge in [-0.15, -0.1) is 12.6 Å². The Morgan fingerprint density at radius 1 is 0.808 bits per heavy atom. The molecule has 0 fully saturated rings. The van der Waals surface area contributed by atoms with Gasteiger partial charge in [0.1, 0.15) is 17.7 Å². The molecule has 0 bridgehead atoms. The predicted molar refractivity (Wildman–Crippen MR) is 101 cm³/mol. The molecule has 0 saturated heterocycles. The van der Waals surface area contributed by atoms with Crippen LogP contribution in [0.25, 0.3) is 22.4 Å². The molecule has 0 N–H and O–H groups in total. The van der Waals surface area contributed by atoms with Gasteiger partial charge in [-0.3, -0.25) is 0 Å². The fraction of sp³-hybridized carbons (Fsp3) is 0.211. The summed E-state index contributed by atoms with van der Waals surface area (Å²) in [5.74, 6) is 2.30. The molecule has 0 aliphatic heterocycles. The lowest BCUT2D eigenvalue weighted by Crippen LogP contribution is -1.96. The molecule has 1 aromatic heterocycles. The van der Waals surface area contributed by atoms with Crippen LogP contribution in [0.3, 0.4) is 0 Å². The Labute approximate surface area is 157 Å². The monoisotopic (exact) mass is 373 g/mol. The van der Waals surface area contributed by atoms with Crippen molar-refractivity contribution in [1.29, 1.82) is 0 Å². The molecule has 0 amide bonds. The Balaban J connectivity index is 2.13. The van der Waals surface area contributed by atoms with E-state index in [0.29, 0.717) is 28.7 Å². The predicted octanol–water partition coefficient (Wildman–Crippen LogP) is 4.33. The van der Waals surface area contributed by atoms with Crippen molar-refractivity contribution >= 4 is 12.6 Å². The zero-order chi connectivity index (χ0) is 18.7. The van der Waals surface area contributed by atoms with E-state index in [1.807, 2.05) is 30.3 Å². The third-order valence-electron chi connectivity index (χ3n) is 4.00. The second-order valence-electron chi connectivity index (χ2n) is 5.38. The maximum Gasteiger partial charge on any atom is 0.203 e. The number of hydrogen-bond acceptors (Lipinski definition) is 7. The highest BCUT2D eigenvalue weighted by Crippen LogP contribution is 2.43. The molecule has 0 saturated carbocycles. The number of ether oxygens (including phenoxy) is 4. The smallest absolute Gasteiger partial charge is 0.203 e. The molecule has 7 heteroatoms. The molecule has 136 valence electrons. The highest BCUT2D eigenvalue weighted by atomic mass is 32.1. The summed E-state index contributed by atoms with van der Waals surface area (Å²) in [5.41, 5.74) is 3.15. The minimum absolute atomic E-state index is 0.519. The van der Waals surface area contributed by atoms with E-state index in [2.05, 4.69) is 17.8 Å². The van der Waals surface area contributed by atoms with Crippen LogP contribution in [-0.4, -0.2) is 33.6 Å². The number of aromatic nitrogens is 1. The molecular formula is C19H19NO5S. The summed E-state index contributed by atoms with van der Waals surface area (Å²) < 4.78 is 26.7. The lowest BCUT2D eigenvalue weighted by Gasteiger charge is -2.14. The molecule has 0 atom stereocenters. The highest BCUT2D eigenvalue weighted by Gasteiger charge is 2.19. The van der Waals surface area contributed by atoms with E-state index < -0.39 is 0 Å². The molecule has 1 heterocycles. The Bertz CT molecular complexity index is 897. The number of methoxy groups -OCH3 is 4. The molecule has 0 aliphatic carbocycles. The molecular weight excluding hydrogens is 354 g/mol. The highest BCUT2D eigenvalue weighted by molar-refractivity contribution is 7.80. The van der Waals surface area contributed by atoms with E-state index in [1.165, 1.54) is 0 Å². The first kappa shape index (κ1) is 18.0. The summed E-state index contributed by atoms with van der Waals surface area (Å²) in [5, 5.41) is 4.16. The summed E-state index contributed by atoms with van der Waals surface area (Å²) in [6, 6.07) is 9.33. The van der Waals surface area contributed by atoms with E-state index in [-0.39, 0.29) is 0 Å². The van der Waals surface area contributed by atoms with Crippen molar-refractivity contribution in [3.8, 4) is 45.4 Å². The van der Waals surface area contributed by atoms with Crippen molar-refractivity contribution in [2.45, 2.75) is 4.90 Å². The van der Waals surface area contributed by atoms with Crippen molar-refractivity contribution < 1.29 is 23.5 Å². The van der Waals surface area contributed by atoms with Gasteiger partial charge in [0, 0.05) is 16.0 Å². The van der Waals surface area contributed by atoms with Crippen LogP contribution >= 0.6 is 12.6 Å². The van der Waals surface area contributed by atoms with Crippen LogP contribution in [0.15, 0.2) is 46.0 Å². The first-order valence-electron chi connectivity index (χ1n) is 7.75. The van der Waals surface area contributed by atoms with Crippen molar-refractivity contribution in [3.05, 3.63) is 36.6 Å². The van der Waals surface area contributed by atoms with Crippen LogP contribution in [0.2, 0.25) is 0 Å². The van der Waals surface area contributed by atoms with Gasteiger partial charge in [-0.25, -0.2) is 0 Å². The number of rotatable bonds is 6. The van der Waals surface area contributed by atoms with E-state index in [9.17, 15) is 0 Å². The largest absolute Gasteiger partial charge is 0.496 e. The lowest BCUT2D eigenvalue weighted by atomic mass is 10.0. The Morgan fingerprint density at radius 2 is 1.46 bits per heavy atom. The molecule has 2 aromatic carbocycles. The summed E-state index contributed by atoms with van der Waals surface area (Å²) in [4.78, 5) is 0.724. The molecule has 0 aliphatic rings. The SMILES string of the molecule is COc1ccc(-c2conc2-c2cc(OC)c(OC)c(OC)c2)cc1S. The summed E-state index contributed by atoms with van der Waals surface area (Å²) in [7, 11) is 6.31. The van der Waals surface area contributed by atoms with Crippen LogP contribution in [0.1, 0.15) is 0 Å². The van der Waals surface area contributed by atoms with Crippen molar-refractivity contribution in [2.75, 3.05) is 28.4 Å². The van der Waals surface area contributed by atoms with Gasteiger partial charge in [0.2, 0.25) is 5.75 Å². The van der Waals surface area contributed by atoms with Crippen molar-refractivity contribution in [1.82, 2.24) is 5.16 Å². The third-order valence-corrected chi connectivity index (χ3v) is 4.35. The molecule has 0 spiro atoms. The van der Waals surface area contributed by atoms with E-state index >= 15 is 0 Å². The number of nitrogens with zero attached hydrogens (tertiary/aromatic N) is 1. The average molecular weight is 373 g/mol. The molecule has 0 unspecified atom stereocenters. The van der Waals surface area contributed by atoms with E-state index in [0.717, 1.165) is 21.6 Å². The summed E-state index contributed by atoms with van der Waals surface area (Å²) in [6.45, 7) is 0. The van der Waals surface area contributed by atoms with Crippen LogP contribution in [0.5, 0.6) is 23.0 Å². The van der Waals surface area contributed by atoms with Gasteiger partial charge in [-0.2, -0.15) is 0 Å². The second kappa shape index (κ2) is 7.61. The zero-order valence-electron chi connectivity index (χ0n) is 14.9. The molecule has 3 rings (SSSR count). The summed E-state index contributed by atoms with van der Waals surface area (Å²) >= 11 is 4.46. The summed E-state index contributed by atoms with van der Waals surface area (Å²) in [6.07, 6.45) is 1.59. The zero-order valence-corrected chi connectivity index (χ0v) is 15.8. The van der Waals surface area contributed by atoms with Crippen molar-refractivity contribution in [3.63, 3.8) is 0 Å². The molecule has 26 heavy (non-hydrogen) atoms. The molecule has 6 nitrogen and oxygen atoms in total. The quantitative estimate of drug-likeness (QED) is 0.649. The van der Waals surface area contributed by atoms with Crippen molar-refractivity contribution in [2.24, 2.45) is 0 Å². The second-order valence-corrected chi connectivity index (χ2v) is 5.86. The molecule has 3 aromatic rings. The Morgan fingerprint density at radius 3 is 2.00 bits per heavy atom. The van der Waals surface area contributed by atoms with Crippen LogP contribution in [0.4, 0.5) is 0 Å². The maximum atomic E-state index is 5.42. The first-order valence-corrected chi connectivity index (χ1v) is 8.19. The van der Waals surface area contributed by atoms with Gasteiger partial charge in [0.25, 0.3) is 0 Å². The topological polar surface area (TPSA) is 63.0 Å². The van der Waals surface area contributed by atoms with Gasteiger partial charge < -0.3 is 23.5 Å². The minimum Gasteiger partial charge on any atom is -0.496 e. The van der Waals surface area contributed by atoms with Crippen LogP contribution in [0, 0.1) is 0 Å². The lowest BCUT2D eigenvalue weighted by molar-refractivity contribution is 0.324. The normalized spacial score (nSPS) is 10.5. The Hall–Kier alpha value is -2.80. The first-order chi connectivity index (χ1) is 12.6. The Kier molecular flexibility index (Phi) is 5.27. The fourth-order valence-corrected chi connectivity index (χ4v) is 3.03. The van der Waals surface area contributed by atoms with Gasteiger partial charge >= 0.3 is 0 Å². The van der Waals surface area contributed by atoms with Gasteiger partial charge in [-0.05, 0) is 29.8 Å². The van der Waals surface area contributed by atoms with E-state index in [1.54, 1.807) is 34.7 Å². The number of thiol groups is 1. The average Bonchev–Trinajstić information content (AvgIpc) is 3.16. The minimum atomic E-state index is 0.519. The number of hydrogen-bond donors (Lipinski definition) is 1. The van der Waals surface area contributed by atoms with Crippen LogP contribution < -0.4 is 18.9 Å². The van der Waals surface area contributed by atoms with Crippen LogP contribution in [-0.2, 0) is 0 Å². The number of benzene rings is 2. The third kappa shape index (κ3) is 3.17. The van der Waals surface area contributed by atoms with E-state index in [4.69, 9.17) is 23.5 Å². The van der Waals surface area contributed by atoms with Gasteiger partial charge in [0.05, 0.1) is 28.4 Å². The van der Waals surface area contributed by atoms with Gasteiger partial charge in [0.15, 0.2) is 11.5 Å². The standard InChI is InChI=1S/C19H19NO5S/c1-21-14-6-5-11(9-17(14)26)13-10-25-20-18(13)12-7-15(22-2)19(24-4)16(8-12)23-3/h5-10,26H,1-4H3. The maximum absolute atomic E-state index is 5.42. The van der Waals surface area contributed by atoms with Gasteiger partial charge in [-0.1, -0.05) is 11.2 Å². The fourth-order valence-electron chi connectivity index (χ4n) is 2.73.